The molecular weight excluding hydrogens is 327 g/mol. The molecule has 6 nitrogen and oxygen atoms in total. The van der Waals surface area contributed by atoms with Crippen molar-refractivity contribution in [2.75, 3.05) is 7.11 Å². The second kappa shape index (κ2) is 8.60. The standard InChI is InChI=1S/C18H23FN2O4/c1-11(22)20-15(10-13-4-3-5-14(19)8-13)17(23)21-16(18(24)25-2)9-12-6-7-12/h3-5,8,12,15-16H,6-7,9-10H2,1-2H3,(H,20,22)(H,21,23)/t15-,16+/m1/s1. The summed E-state index contributed by atoms with van der Waals surface area (Å²) >= 11 is 0. The average Bonchev–Trinajstić information content (AvgIpc) is 3.36. The monoisotopic (exact) mass is 350 g/mol. The Kier molecular flexibility index (Phi) is 6.50. The fraction of sp³-hybridized carbons (Fsp3) is 0.500. The molecule has 0 unspecified atom stereocenters. The van der Waals surface area contributed by atoms with E-state index in [-0.39, 0.29) is 12.3 Å². The molecule has 0 radical (unpaired) electrons. The largest absolute Gasteiger partial charge is 0.467 e. The maximum atomic E-state index is 13.3. The molecule has 2 N–H and O–H groups in total. The van der Waals surface area contributed by atoms with Crippen molar-refractivity contribution >= 4 is 17.8 Å². The number of carbonyl (C=O) groups is 3. The summed E-state index contributed by atoms with van der Waals surface area (Å²) in [4.78, 5) is 35.9. The van der Waals surface area contributed by atoms with Crippen molar-refractivity contribution in [1.82, 2.24) is 10.6 Å². The van der Waals surface area contributed by atoms with E-state index in [1.807, 2.05) is 0 Å². The van der Waals surface area contributed by atoms with Crippen LogP contribution in [0.4, 0.5) is 4.39 Å². The summed E-state index contributed by atoms with van der Waals surface area (Å²) in [6.45, 7) is 1.30. The normalized spacial score (nSPS) is 15.8. The van der Waals surface area contributed by atoms with Gasteiger partial charge in [0, 0.05) is 13.3 Å². The Bertz CT molecular complexity index is 646. The van der Waals surface area contributed by atoms with Crippen LogP contribution < -0.4 is 10.6 Å². The fourth-order valence-corrected chi connectivity index (χ4v) is 2.67. The van der Waals surface area contributed by atoms with Crippen molar-refractivity contribution in [2.24, 2.45) is 5.92 Å². The first-order chi connectivity index (χ1) is 11.9. The molecule has 1 aromatic carbocycles. The minimum Gasteiger partial charge on any atom is -0.467 e. The highest BCUT2D eigenvalue weighted by Crippen LogP contribution is 2.33. The van der Waals surface area contributed by atoms with Crippen LogP contribution in [-0.2, 0) is 25.5 Å². The summed E-state index contributed by atoms with van der Waals surface area (Å²) in [6, 6.07) is 4.19. The lowest BCUT2D eigenvalue weighted by atomic mass is 10.0. The molecule has 136 valence electrons. The maximum absolute atomic E-state index is 13.3. The van der Waals surface area contributed by atoms with Gasteiger partial charge in [-0.15, -0.1) is 0 Å². The van der Waals surface area contributed by atoms with E-state index >= 15 is 0 Å². The third-order valence-corrected chi connectivity index (χ3v) is 4.09. The zero-order valence-corrected chi connectivity index (χ0v) is 14.4. The summed E-state index contributed by atoms with van der Waals surface area (Å²) in [5.41, 5.74) is 0.575. The highest BCUT2D eigenvalue weighted by atomic mass is 19.1. The molecule has 0 aliphatic heterocycles. The fourth-order valence-electron chi connectivity index (χ4n) is 2.67. The molecule has 0 aromatic heterocycles. The lowest BCUT2D eigenvalue weighted by molar-refractivity contribution is -0.145. The van der Waals surface area contributed by atoms with Gasteiger partial charge >= 0.3 is 5.97 Å². The van der Waals surface area contributed by atoms with Crippen molar-refractivity contribution in [3.8, 4) is 0 Å². The number of esters is 1. The number of nitrogens with one attached hydrogen (secondary N) is 2. The summed E-state index contributed by atoms with van der Waals surface area (Å²) in [5, 5.41) is 5.21. The Morgan fingerprint density at radius 3 is 2.52 bits per heavy atom. The molecule has 2 rings (SSSR count). The number of halogens is 1. The zero-order valence-electron chi connectivity index (χ0n) is 14.4. The van der Waals surface area contributed by atoms with Gasteiger partial charge in [-0.05, 0) is 30.0 Å². The highest BCUT2D eigenvalue weighted by molar-refractivity contribution is 5.90. The molecule has 0 bridgehead atoms. The predicted octanol–water partition coefficient (Wildman–Crippen LogP) is 1.33. The molecule has 2 amide bonds. The number of amides is 2. The molecule has 1 aromatic rings. The minimum atomic E-state index is -0.898. The van der Waals surface area contributed by atoms with E-state index in [0.717, 1.165) is 12.8 Å². The number of rotatable bonds is 8. The molecule has 1 saturated carbocycles. The van der Waals surface area contributed by atoms with E-state index < -0.39 is 29.8 Å². The van der Waals surface area contributed by atoms with Crippen molar-refractivity contribution < 1.29 is 23.5 Å². The van der Waals surface area contributed by atoms with E-state index in [1.54, 1.807) is 6.07 Å². The number of methoxy groups -OCH3 is 1. The van der Waals surface area contributed by atoms with E-state index in [2.05, 4.69) is 10.6 Å². The van der Waals surface area contributed by atoms with Crippen LogP contribution in [0.5, 0.6) is 0 Å². The van der Waals surface area contributed by atoms with Gasteiger partial charge in [0.25, 0.3) is 0 Å². The third-order valence-electron chi connectivity index (χ3n) is 4.09. The lowest BCUT2D eigenvalue weighted by Crippen LogP contribution is -2.52. The third kappa shape index (κ3) is 6.17. The van der Waals surface area contributed by atoms with Crippen LogP contribution in [0, 0.1) is 11.7 Å². The second-order valence-electron chi connectivity index (χ2n) is 6.35. The first-order valence-electron chi connectivity index (χ1n) is 8.28. The predicted molar refractivity (Wildman–Crippen MR) is 89.0 cm³/mol. The number of hydrogen-bond donors (Lipinski definition) is 2. The molecule has 2 atom stereocenters. The van der Waals surface area contributed by atoms with Gasteiger partial charge in [-0.3, -0.25) is 9.59 Å². The van der Waals surface area contributed by atoms with Crippen LogP contribution in [0.3, 0.4) is 0 Å². The van der Waals surface area contributed by atoms with Crippen molar-refractivity contribution in [1.29, 1.82) is 0 Å². The number of benzene rings is 1. The van der Waals surface area contributed by atoms with Gasteiger partial charge < -0.3 is 15.4 Å². The Morgan fingerprint density at radius 2 is 1.96 bits per heavy atom. The molecule has 1 aliphatic rings. The van der Waals surface area contributed by atoms with Gasteiger partial charge in [-0.1, -0.05) is 25.0 Å². The number of carbonyl (C=O) groups excluding carboxylic acids is 3. The van der Waals surface area contributed by atoms with Crippen molar-refractivity contribution in [3.05, 3.63) is 35.6 Å². The summed E-state index contributed by atoms with van der Waals surface area (Å²) in [5.74, 6) is -1.39. The van der Waals surface area contributed by atoms with Crippen LogP contribution in [-0.4, -0.2) is 37.0 Å². The van der Waals surface area contributed by atoms with Crippen molar-refractivity contribution in [2.45, 2.75) is 44.7 Å². The van der Waals surface area contributed by atoms with Gasteiger partial charge in [0.2, 0.25) is 11.8 Å². The Balaban J connectivity index is 2.07. The summed E-state index contributed by atoms with van der Waals surface area (Å²) in [6.07, 6.45) is 2.70. The van der Waals surface area contributed by atoms with E-state index in [0.29, 0.717) is 17.9 Å². The Morgan fingerprint density at radius 1 is 1.24 bits per heavy atom. The topological polar surface area (TPSA) is 84.5 Å². The molecular formula is C18H23FN2O4. The molecule has 25 heavy (non-hydrogen) atoms. The first-order valence-corrected chi connectivity index (χ1v) is 8.28. The van der Waals surface area contributed by atoms with Crippen LogP contribution in [0.2, 0.25) is 0 Å². The van der Waals surface area contributed by atoms with E-state index in [1.165, 1.54) is 32.2 Å². The van der Waals surface area contributed by atoms with Crippen LogP contribution in [0.15, 0.2) is 24.3 Å². The maximum Gasteiger partial charge on any atom is 0.328 e. The molecule has 0 heterocycles. The minimum absolute atomic E-state index is 0.125. The molecule has 1 aliphatic carbocycles. The second-order valence-corrected chi connectivity index (χ2v) is 6.35. The summed E-state index contributed by atoms with van der Waals surface area (Å²) < 4.78 is 18.1. The van der Waals surface area contributed by atoms with Crippen molar-refractivity contribution in [3.63, 3.8) is 0 Å². The smallest absolute Gasteiger partial charge is 0.328 e. The quantitative estimate of drug-likeness (QED) is 0.693. The Labute approximate surface area is 146 Å². The van der Waals surface area contributed by atoms with Crippen LogP contribution >= 0.6 is 0 Å². The molecule has 0 saturated heterocycles. The van der Waals surface area contributed by atoms with Gasteiger partial charge in [-0.2, -0.15) is 0 Å². The SMILES string of the molecule is COC(=O)[C@H](CC1CC1)NC(=O)[C@@H](Cc1cccc(F)c1)NC(C)=O. The molecule has 7 heteroatoms. The molecule has 0 spiro atoms. The zero-order chi connectivity index (χ0) is 18.4. The van der Waals surface area contributed by atoms with E-state index in [4.69, 9.17) is 4.74 Å². The highest BCUT2D eigenvalue weighted by Gasteiger charge is 2.32. The average molecular weight is 350 g/mol. The first kappa shape index (κ1) is 18.9. The van der Waals surface area contributed by atoms with Gasteiger partial charge in [0.15, 0.2) is 0 Å². The van der Waals surface area contributed by atoms with Gasteiger partial charge in [-0.25, -0.2) is 9.18 Å². The van der Waals surface area contributed by atoms with Crippen LogP contribution in [0.25, 0.3) is 0 Å². The number of hydrogen-bond acceptors (Lipinski definition) is 4. The van der Waals surface area contributed by atoms with Gasteiger partial charge in [0.05, 0.1) is 7.11 Å². The Hall–Kier alpha value is -2.44. The van der Waals surface area contributed by atoms with Crippen LogP contribution in [0.1, 0.15) is 31.7 Å². The van der Waals surface area contributed by atoms with E-state index in [9.17, 15) is 18.8 Å². The number of ether oxygens (including phenoxy) is 1. The molecule has 1 fully saturated rings. The van der Waals surface area contributed by atoms with Gasteiger partial charge in [0.1, 0.15) is 17.9 Å². The summed E-state index contributed by atoms with van der Waals surface area (Å²) in [7, 11) is 1.27. The lowest BCUT2D eigenvalue weighted by Gasteiger charge is -2.22.